The van der Waals surface area contributed by atoms with Crippen molar-refractivity contribution in [2.24, 2.45) is 5.73 Å². The molecular weight excluding hydrogens is 504 g/mol. The highest BCUT2D eigenvalue weighted by molar-refractivity contribution is 7.09. The van der Waals surface area contributed by atoms with Gasteiger partial charge in [-0.1, -0.05) is 49.1 Å². The van der Waals surface area contributed by atoms with Gasteiger partial charge in [0.2, 0.25) is 5.91 Å². The molecule has 10 nitrogen and oxygen atoms in total. The van der Waals surface area contributed by atoms with Crippen LogP contribution in [0, 0.1) is 6.92 Å². The fourth-order valence-electron chi connectivity index (χ4n) is 5.15. The molecule has 4 rings (SSSR count). The number of aryl methyl sites for hydroxylation is 1. The number of nitrogens with one attached hydrogen (secondary N) is 1. The second-order valence-corrected chi connectivity index (χ2v) is 10.9. The predicted molar refractivity (Wildman–Crippen MR) is 147 cm³/mol. The second-order valence-electron chi connectivity index (χ2n) is 10.1. The minimum absolute atomic E-state index is 0.0407. The minimum atomic E-state index is -0.853. The number of rotatable bonds is 10. The first-order valence-corrected chi connectivity index (χ1v) is 14.2. The molecule has 1 aromatic heterocycles. The van der Waals surface area contributed by atoms with Gasteiger partial charge in [-0.05, 0) is 43.3 Å². The van der Waals surface area contributed by atoms with Gasteiger partial charge < -0.3 is 26.4 Å². The van der Waals surface area contributed by atoms with Gasteiger partial charge >= 0.3 is 0 Å². The molecule has 1 aliphatic carbocycles. The van der Waals surface area contributed by atoms with Gasteiger partial charge in [-0.3, -0.25) is 19.3 Å². The molecule has 5 N–H and O–H groups in total. The number of amides is 3. The highest BCUT2D eigenvalue weighted by atomic mass is 32.1. The fourth-order valence-corrected chi connectivity index (χ4v) is 5.91. The molecule has 0 unspecified atom stereocenters. The van der Waals surface area contributed by atoms with E-state index in [0.717, 1.165) is 68.0 Å². The van der Waals surface area contributed by atoms with Gasteiger partial charge in [0.15, 0.2) is 5.69 Å². The summed E-state index contributed by atoms with van der Waals surface area (Å²) in [5, 5.41) is 3.22. The topological polar surface area (TPSA) is 144 Å². The molecule has 0 bridgehead atoms. The van der Waals surface area contributed by atoms with Crippen molar-refractivity contribution in [3.63, 3.8) is 0 Å². The zero-order valence-electron chi connectivity index (χ0n) is 22.0. The first-order valence-electron chi connectivity index (χ1n) is 13.4. The van der Waals surface area contributed by atoms with Gasteiger partial charge in [0.05, 0.1) is 18.9 Å². The number of carbonyl (C=O) groups is 3. The van der Waals surface area contributed by atoms with E-state index in [1.54, 1.807) is 4.90 Å². The normalized spacial score (nSPS) is 17.6. The van der Waals surface area contributed by atoms with Gasteiger partial charge in [-0.25, -0.2) is 0 Å². The monoisotopic (exact) mass is 542 g/mol. The van der Waals surface area contributed by atoms with E-state index < -0.39 is 17.9 Å². The van der Waals surface area contributed by atoms with Gasteiger partial charge in [-0.15, -0.1) is 0 Å². The lowest BCUT2D eigenvalue weighted by Crippen LogP contribution is -2.48. The van der Waals surface area contributed by atoms with E-state index in [0.29, 0.717) is 26.2 Å². The molecule has 1 saturated carbocycles. The lowest BCUT2D eigenvalue weighted by molar-refractivity contribution is -0.127. The minimum Gasteiger partial charge on any atom is -0.395 e. The largest absolute Gasteiger partial charge is 0.395 e. The van der Waals surface area contributed by atoms with Crippen LogP contribution in [0.3, 0.4) is 0 Å². The third kappa shape index (κ3) is 6.89. The third-order valence-electron chi connectivity index (χ3n) is 7.30. The quantitative estimate of drug-likeness (QED) is 0.418. The molecule has 3 amide bonds. The number of nitrogens with two attached hydrogens (primary N) is 2. The molecule has 206 valence electrons. The summed E-state index contributed by atoms with van der Waals surface area (Å²) in [6, 6.07) is 6.91. The van der Waals surface area contributed by atoms with Crippen molar-refractivity contribution in [2.75, 3.05) is 45.1 Å². The summed E-state index contributed by atoms with van der Waals surface area (Å²) >= 11 is 0.839. The average molecular weight is 543 g/mol. The second kappa shape index (κ2) is 13.2. The van der Waals surface area contributed by atoms with Gasteiger partial charge in [-0.2, -0.15) is 4.37 Å². The fraction of sp³-hybridized carbons (Fsp3) is 0.556. The molecule has 2 heterocycles. The Labute approximate surface area is 227 Å². The maximum Gasteiger partial charge on any atom is 0.270 e. The number of aromatic nitrogens is 1. The van der Waals surface area contributed by atoms with Crippen LogP contribution in [-0.2, 0) is 9.53 Å². The summed E-state index contributed by atoms with van der Waals surface area (Å²) in [5.41, 5.74) is 13.2. The van der Waals surface area contributed by atoms with Crippen LogP contribution in [0.25, 0.3) is 0 Å². The van der Waals surface area contributed by atoms with Crippen LogP contribution in [-0.4, -0.2) is 77.3 Å². The van der Waals surface area contributed by atoms with Crippen LogP contribution in [0.15, 0.2) is 24.3 Å². The summed E-state index contributed by atoms with van der Waals surface area (Å²) in [4.78, 5) is 43.7. The molecule has 1 aliphatic heterocycles. The first kappa shape index (κ1) is 28.0. The van der Waals surface area contributed by atoms with Crippen LogP contribution in [0.5, 0.6) is 0 Å². The Morgan fingerprint density at radius 1 is 1.16 bits per heavy atom. The van der Waals surface area contributed by atoms with Crippen molar-refractivity contribution in [2.45, 2.75) is 57.5 Å². The Bertz CT molecular complexity index is 1110. The molecule has 1 aromatic carbocycles. The van der Waals surface area contributed by atoms with Crippen LogP contribution in [0.1, 0.15) is 75.9 Å². The van der Waals surface area contributed by atoms with Crippen molar-refractivity contribution in [3.8, 4) is 0 Å². The van der Waals surface area contributed by atoms with E-state index in [-0.39, 0.29) is 28.2 Å². The standard InChI is InChI=1S/C27H38N6O4S/c1-18-8-10-19(11-9-18)23(26(35)30-20-6-3-2-4-7-20)33(13-5-12-32-14-16-37-17-15-32)27(36)24-21(28)22(25(29)34)31-38-24/h8-11,20,23H,2-7,12-17,28H2,1H3,(H2,29,34)(H,30,35)/t23-/m1/s1. The SMILES string of the molecule is Cc1ccc([C@H](C(=O)NC2CCCCC2)N(CCCN2CCOCC2)C(=O)c2snc(C(N)=O)c2N)cc1. The molecule has 2 aliphatic rings. The van der Waals surface area contributed by atoms with Gasteiger partial charge in [0, 0.05) is 32.2 Å². The third-order valence-corrected chi connectivity index (χ3v) is 8.15. The number of carbonyl (C=O) groups excluding carboxylic acids is 3. The lowest BCUT2D eigenvalue weighted by atomic mass is 9.94. The Balaban J connectivity index is 1.65. The Morgan fingerprint density at radius 2 is 1.84 bits per heavy atom. The van der Waals surface area contributed by atoms with E-state index in [2.05, 4.69) is 14.6 Å². The number of hydrogen-bond acceptors (Lipinski definition) is 8. The Morgan fingerprint density at radius 3 is 2.47 bits per heavy atom. The number of anilines is 1. The zero-order chi connectivity index (χ0) is 27.1. The molecule has 11 heteroatoms. The van der Waals surface area contributed by atoms with E-state index in [9.17, 15) is 14.4 Å². The van der Waals surface area contributed by atoms with E-state index in [1.807, 2.05) is 31.2 Å². The summed E-state index contributed by atoms with van der Waals surface area (Å²) in [6.45, 7) is 6.12. The number of benzene rings is 1. The molecule has 0 spiro atoms. The maximum absolute atomic E-state index is 14.0. The molecule has 38 heavy (non-hydrogen) atoms. The van der Waals surface area contributed by atoms with Crippen LogP contribution in [0.4, 0.5) is 5.69 Å². The summed E-state index contributed by atoms with van der Waals surface area (Å²) in [7, 11) is 0. The predicted octanol–water partition coefficient (Wildman–Crippen LogP) is 2.49. The highest BCUT2D eigenvalue weighted by Gasteiger charge is 2.35. The summed E-state index contributed by atoms with van der Waals surface area (Å²) in [6.07, 6.45) is 5.85. The molecule has 1 atom stereocenters. The van der Waals surface area contributed by atoms with Crippen molar-refractivity contribution in [3.05, 3.63) is 46.0 Å². The summed E-state index contributed by atoms with van der Waals surface area (Å²) < 4.78 is 9.48. The average Bonchev–Trinajstić information content (AvgIpc) is 3.31. The van der Waals surface area contributed by atoms with Crippen LogP contribution in [0.2, 0.25) is 0 Å². The van der Waals surface area contributed by atoms with Gasteiger partial charge in [0.1, 0.15) is 10.9 Å². The maximum atomic E-state index is 14.0. The number of morpholine rings is 1. The van der Waals surface area contributed by atoms with Crippen molar-refractivity contribution in [1.29, 1.82) is 0 Å². The number of nitrogen functional groups attached to an aromatic ring is 1. The lowest BCUT2D eigenvalue weighted by Gasteiger charge is -2.34. The molecule has 1 saturated heterocycles. The molecule has 2 aromatic rings. The number of nitrogens with zero attached hydrogens (tertiary/aromatic N) is 3. The number of ether oxygens (including phenoxy) is 1. The Hall–Kier alpha value is -3.02. The summed E-state index contributed by atoms with van der Waals surface area (Å²) in [5.74, 6) is -1.43. The number of hydrogen-bond donors (Lipinski definition) is 3. The highest BCUT2D eigenvalue weighted by Crippen LogP contribution is 2.30. The molecule has 2 fully saturated rings. The number of primary amides is 1. The smallest absolute Gasteiger partial charge is 0.270 e. The molecule has 0 radical (unpaired) electrons. The van der Waals surface area contributed by atoms with Gasteiger partial charge in [0.25, 0.3) is 11.8 Å². The van der Waals surface area contributed by atoms with Crippen molar-refractivity contribution >= 4 is 34.9 Å². The van der Waals surface area contributed by atoms with E-state index in [4.69, 9.17) is 16.2 Å². The molecular formula is C27H38N6O4S. The van der Waals surface area contributed by atoms with Crippen LogP contribution >= 0.6 is 11.5 Å². The Kier molecular flexibility index (Phi) is 9.70. The van der Waals surface area contributed by atoms with Crippen molar-refractivity contribution in [1.82, 2.24) is 19.5 Å². The van der Waals surface area contributed by atoms with E-state index in [1.165, 1.54) is 6.42 Å². The zero-order valence-corrected chi connectivity index (χ0v) is 22.8. The van der Waals surface area contributed by atoms with Crippen molar-refractivity contribution < 1.29 is 19.1 Å². The first-order chi connectivity index (χ1) is 18.3. The van der Waals surface area contributed by atoms with Crippen LogP contribution < -0.4 is 16.8 Å². The van der Waals surface area contributed by atoms with E-state index >= 15 is 0 Å².